The van der Waals surface area contributed by atoms with Crippen LogP contribution >= 0.6 is 11.3 Å². The molecular formula is C10H10F3N3O4S. The average Bonchev–Trinajstić information content (AvgIpc) is 2.74. The van der Waals surface area contributed by atoms with E-state index in [1.54, 1.807) is 0 Å². The number of hydrogen-bond donors (Lipinski definition) is 3. The molecule has 1 heterocycles. The minimum atomic E-state index is -5.19. The third-order valence-corrected chi connectivity index (χ3v) is 3.14. The highest BCUT2D eigenvalue weighted by atomic mass is 32.1. The molecule has 3 N–H and O–H groups in total. The summed E-state index contributed by atoms with van der Waals surface area (Å²) < 4.78 is 38.2. The van der Waals surface area contributed by atoms with E-state index in [1.165, 1.54) is 12.2 Å². The Balaban J connectivity index is 2.96. The number of nitrogens with one attached hydrogen (secondary N) is 2. The Kier molecular flexibility index (Phi) is 4.56. The number of hydrogen-bond acceptors (Lipinski definition) is 5. The van der Waals surface area contributed by atoms with Gasteiger partial charge < -0.3 is 15.7 Å². The van der Waals surface area contributed by atoms with Gasteiger partial charge in [-0.05, 0) is 6.92 Å². The largest absolute Gasteiger partial charge is 0.479 e. The lowest BCUT2D eigenvalue weighted by Gasteiger charge is -2.28. The van der Waals surface area contributed by atoms with Crippen LogP contribution in [0.2, 0.25) is 0 Å². The van der Waals surface area contributed by atoms with Gasteiger partial charge in [0.15, 0.2) is 5.13 Å². The van der Waals surface area contributed by atoms with Gasteiger partial charge in [0.2, 0.25) is 11.4 Å². The second-order valence-corrected chi connectivity index (χ2v) is 4.96. The number of amides is 2. The first-order valence-electron chi connectivity index (χ1n) is 5.33. The molecule has 0 radical (unpaired) electrons. The van der Waals surface area contributed by atoms with Crippen LogP contribution in [0.25, 0.3) is 0 Å². The number of nitrogens with zero attached hydrogens (tertiary/aromatic N) is 1. The van der Waals surface area contributed by atoms with E-state index >= 15 is 0 Å². The zero-order valence-electron chi connectivity index (χ0n) is 10.7. The average molecular weight is 325 g/mol. The molecule has 1 rings (SSSR count). The lowest BCUT2D eigenvalue weighted by Crippen LogP contribution is -2.61. The molecular weight excluding hydrogens is 315 g/mol. The lowest BCUT2D eigenvalue weighted by atomic mass is 10.0. The maximum Gasteiger partial charge on any atom is 0.422 e. The number of carboxylic acid groups (broad SMARTS) is 1. The van der Waals surface area contributed by atoms with Gasteiger partial charge in [-0.15, -0.1) is 11.3 Å². The molecule has 1 aromatic rings. The van der Waals surface area contributed by atoms with Crippen molar-refractivity contribution in [1.29, 1.82) is 0 Å². The van der Waals surface area contributed by atoms with Crippen molar-refractivity contribution in [3.63, 3.8) is 0 Å². The second-order valence-electron chi connectivity index (χ2n) is 4.10. The summed E-state index contributed by atoms with van der Waals surface area (Å²) in [7, 11) is 0. The van der Waals surface area contributed by atoms with Crippen LogP contribution in [-0.2, 0) is 9.59 Å². The Labute approximate surface area is 120 Å². The van der Waals surface area contributed by atoms with Gasteiger partial charge in [0, 0.05) is 12.3 Å². The van der Waals surface area contributed by atoms with Crippen molar-refractivity contribution < 1.29 is 32.7 Å². The minimum absolute atomic E-state index is 0.0108. The van der Waals surface area contributed by atoms with Gasteiger partial charge in [-0.1, -0.05) is 0 Å². The number of carboxylic acids is 1. The summed E-state index contributed by atoms with van der Waals surface area (Å²) in [4.78, 5) is 36.8. The van der Waals surface area contributed by atoms with Crippen molar-refractivity contribution >= 4 is 34.3 Å². The number of aliphatic carboxylic acids is 1. The topological polar surface area (TPSA) is 108 Å². The number of carbonyl (C=O) groups is 3. The van der Waals surface area contributed by atoms with Gasteiger partial charge in [0.1, 0.15) is 5.69 Å². The van der Waals surface area contributed by atoms with Crippen molar-refractivity contribution in [2.24, 2.45) is 0 Å². The fourth-order valence-electron chi connectivity index (χ4n) is 1.12. The molecule has 0 bridgehead atoms. The normalized spacial score (nSPS) is 14.1. The van der Waals surface area contributed by atoms with E-state index in [0.717, 1.165) is 16.7 Å². The molecule has 0 spiro atoms. The Hall–Kier alpha value is -2.17. The molecule has 0 aliphatic rings. The first-order chi connectivity index (χ1) is 9.47. The first-order valence-corrected chi connectivity index (χ1v) is 6.21. The highest BCUT2D eigenvalue weighted by Gasteiger charge is 2.58. The SMILES string of the molecule is CC(=O)Nc1nc(C(=O)NC(C)(C(=O)O)C(F)(F)F)cs1. The quantitative estimate of drug-likeness (QED) is 0.772. The molecule has 2 amide bonds. The van der Waals surface area contributed by atoms with E-state index in [0.29, 0.717) is 6.92 Å². The second kappa shape index (κ2) is 5.68. The molecule has 7 nitrogen and oxygen atoms in total. The Bertz CT molecular complexity index is 586. The monoisotopic (exact) mass is 325 g/mol. The Morgan fingerprint density at radius 2 is 1.90 bits per heavy atom. The van der Waals surface area contributed by atoms with Crippen molar-refractivity contribution in [3.8, 4) is 0 Å². The van der Waals surface area contributed by atoms with Crippen LogP contribution in [0.5, 0.6) is 0 Å². The van der Waals surface area contributed by atoms with E-state index in [-0.39, 0.29) is 5.13 Å². The summed E-state index contributed by atoms with van der Waals surface area (Å²) in [6.07, 6.45) is -5.19. The van der Waals surface area contributed by atoms with Crippen molar-refractivity contribution in [2.75, 3.05) is 5.32 Å². The van der Waals surface area contributed by atoms with E-state index in [9.17, 15) is 27.6 Å². The third kappa shape index (κ3) is 3.68. The van der Waals surface area contributed by atoms with Gasteiger partial charge in [-0.2, -0.15) is 13.2 Å². The molecule has 1 unspecified atom stereocenters. The zero-order chi connectivity index (χ0) is 16.4. The van der Waals surface area contributed by atoms with Gasteiger partial charge in [0.25, 0.3) is 5.91 Å². The molecule has 0 fully saturated rings. The summed E-state index contributed by atoms with van der Waals surface area (Å²) in [6, 6.07) is 0. The zero-order valence-corrected chi connectivity index (χ0v) is 11.6. The van der Waals surface area contributed by atoms with Crippen molar-refractivity contribution in [1.82, 2.24) is 10.3 Å². The molecule has 0 saturated carbocycles. The van der Waals surface area contributed by atoms with Crippen LogP contribution < -0.4 is 10.6 Å². The number of rotatable bonds is 4. The number of aromatic nitrogens is 1. The number of thiazole rings is 1. The summed E-state index contributed by atoms with van der Waals surface area (Å²) in [5, 5.41) is 13.4. The number of halogens is 3. The molecule has 21 heavy (non-hydrogen) atoms. The fraction of sp³-hybridized carbons (Fsp3) is 0.400. The minimum Gasteiger partial charge on any atom is -0.479 e. The maximum absolute atomic E-state index is 12.7. The van der Waals surface area contributed by atoms with E-state index in [4.69, 9.17) is 5.11 Å². The highest BCUT2D eigenvalue weighted by Crippen LogP contribution is 2.30. The Morgan fingerprint density at radius 1 is 1.33 bits per heavy atom. The van der Waals surface area contributed by atoms with E-state index in [2.05, 4.69) is 10.3 Å². The number of anilines is 1. The van der Waals surface area contributed by atoms with Gasteiger partial charge in [-0.25, -0.2) is 9.78 Å². The van der Waals surface area contributed by atoms with Crippen molar-refractivity contribution in [3.05, 3.63) is 11.1 Å². The van der Waals surface area contributed by atoms with Gasteiger partial charge in [0.05, 0.1) is 0 Å². The summed E-state index contributed by atoms with van der Waals surface area (Å²) in [5.74, 6) is -4.03. The molecule has 116 valence electrons. The van der Waals surface area contributed by atoms with Crippen molar-refractivity contribution in [2.45, 2.75) is 25.6 Å². The van der Waals surface area contributed by atoms with Gasteiger partial charge >= 0.3 is 12.1 Å². The molecule has 11 heteroatoms. The molecule has 0 aliphatic carbocycles. The predicted octanol–water partition coefficient (Wildman–Crippen LogP) is 1.24. The van der Waals surface area contributed by atoms with Crippen LogP contribution in [0.1, 0.15) is 24.3 Å². The number of carbonyl (C=O) groups excluding carboxylic acids is 2. The fourth-order valence-corrected chi connectivity index (χ4v) is 1.86. The van der Waals surface area contributed by atoms with E-state index in [1.807, 2.05) is 0 Å². The molecule has 1 aromatic heterocycles. The standard InChI is InChI=1S/C10H10F3N3O4S/c1-4(17)14-8-15-5(3-21-8)6(18)16-9(2,7(19)20)10(11,12)13/h3H,1-2H3,(H,16,18)(H,19,20)(H,14,15,17). The number of alkyl halides is 3. The maximum atomic E-state index is 12.7. The van der Waals surface area contributed by atoms with Crippen LogP contribution in [0.3, 0.4) is 0 Å². The van der Waals surface area contributed by atoms with Crippen LogP contribution in [-0.4, -0.2) is 39.6 Å². The van der Waals surface area contributed by atoms with Gasteiger partial charge in [-0.3, -0.25) is 9.59 Å². The summed E-state index contributed by atoms with van der Waals surface area (Å²) >= 11 is 0.816. The third-order valence-electron chi connectivity index (χ3n) is 2.38. The molecule has 1 atom stereocenters. The van der Waals surface area contributed by atoms with Crippen LogP contribution in [0.15, 0.2) is 5.38 Å². The molecule has 0 aliphatic heterocycles. The summed E-state index contributed by atoms with van der Waals surface area (Å²) in [6.45, 7) is 1.51. The molecule has 0 saturated heterocycles. The Morgan fingerprint density at radius 3 is 2.33 bits per heavy atom. The van der Waals surface area contributed by atoms with Crippen LogP contribution in [0, 0.1) is 0 Å². The molecule has 0 aromatic carbocycles. The summed E-state index contributed by atoms with van der Waals surface area (Å²) in [5.41, 5.74) is -3.87. The predicted molar refractivity (Wildman–Crippen MR) is 66.0 cm³/mol. The van der Waals surface area contributed by atoms with E-state index < -0.39 is 35.2 Å². The lowest BCUT2D eigenvalue weighted by molar-refractivity contribution is -0.203. The highest BCUT2D eigenvalue weighted by molar-refractivity contribution is 7.14. The first kappa shape index (κ1) is 16.9. The van der Waals surface area contributed by atoms with Crippen LogP contribution in [0.4, 0.5) is 18.3 Å². The smallest absolute Gasteiger partial charge is 0.422 e.